The lowest BCUT2D eigenvalue weighted by molar-refractivity contribution is -0.126. The molecule has 4 saturated carbocycles. The van der Waals surface area contributed by atoms with E-state index >= 15 is 0 Å². The zero-order valence-electron chi connectivity index (χ0n) is 15.9. The molecule has 28 heavy (non-hydrogen) atoms. The van der Waals surface area contributed by atoms with E-state index in [0.717, 1.165) is 37.0 Å². The second kappa shape index (κ2) is 6.87. The summed E-state index contributed by atoms with van der Waals surface area (Å²) in [6.07, 6.45) is 7.47. The van der Waals surface area contributed by atoms with Gasteiger partial charge in [-0.25, -0.2) is 4.39 Å². The number of thioether (sulfide) groups is 1. The maximum Gasteiger partial charge on any atom is 0.277 e. The first-order valence-electron chi connectivity index (χ1n) is 10.1. The van der Waals surface area contributed by atoms with Gasteiger partial charge in [0.1, 0.15) is 5.82 Å². The number of carbonyl (C=O) groups excluding carboxylic acids is 1. The van der Waals surface area contributed by atoms with E-state index in [1.165, 1.54) is 43.2 Å². The molecule has 7 heteroatoms. The van der Waals surface area contributed by atoms with Gasteiger partial charge in [-0.2, -0.15) is 0 Å². The van der Waals surface area contributed by atoms with E-state index in [9.17, 15) is 9.18 Å². The third kappa shape index (κ3) is 3.45. The number of hydrogen-bond acceptors (Lipinski definition) is 5. The highest BCUT2D eigenvalue weighted by atomic mass is 32.2. The molecule has 4 aliphatic rings. The Morgan fingerprint density at radius 3 is 2.36 bits per heavy atom. The highest BCUT2D eigenvalue weighted by Crippen LogP contribution is 2.55. The maximum absolute atomic E-state index is 13.1. The molecule has 1 aromatic heterocycles. The molecule has 1 heterocycles. The molecule has 4 bridgehead atoms. The fraction of sp³-hybridized carbons (Fsp3) is 0.571. The van der Waals surface area contributed by atoms with Crippen molar-refractivity contribution in [2.75, 3.05) is 0 Å². The number of nitrogens with zero attached hydrogens (tertiary/aromatic N) is 2. The van der Waals surface area contributed by atoms with E-state index in [1.54, 1.807) is 12.1 Å². The normalized spacial score (nSPS) is 31.7. The zero-order chi connectivity index (χ0) is 19.3. The highest BCUT2D eigenvalue weighted by molar-refractivity contribution is 8.00. The van der Waals surface area contributed by atoms with Crippen molar-refractivity contribution in [1.29, 1.82) is 0 Å². The summed E-state index contributed by atoms with van der Waals surface area (Å²) in [5.41, 5.74) is 0.667. The summed E-state index contributed by atoms with van der Waals surface area (Å²) >= 11 is 1.27. The summed E-state index contributed by atoms with van der Waals surface area (Å²) in [6, 6.07) is 5.91. The number of carbonyl (C=O) groups is 1. The third-order valence-corrected chi connectivity index (χ3v) is 7.51. The molecule has 0 spiro atoms. The average molecular weight is 402 g/mol. The molecule has 5 nitrogen and oxygen atoms in total. The van der Waals surface area contributed by atoms with Gasteiger partial charge >= 0.3 is 0 Å². The van der Waals surface area contributed by atoms with E-state index in [2.05, 4.69) is 15.5 Å². The van der Waals surface area contributed by atoms with Crippen molar-refractivity contribution < 1.29 is 13.6 Å². The van der Waals surface area contributed by atoms with E-state index in [1.807, 2.05) is 6.92 Å². The minimum atomic E-state index is -0.312. The van der Waals surface area contributed by atoms with Gasteiger partial charge in [0.05, 0.1) is 5.25 Å². The lowest BCUT2D eigenvalue weighted by Gasteiger charge is -2.57. The van der Waals surface area contributed by atoms with Crippen molar-refractivity contribution in [1.82, 2.24) is 15.5 Å². The standard InChI is InChI=1S/C21H24FN3O2S/c1-12(28-20-25-24-19(27-20)16-2-4-17(22)5-3-16)18(26)23-21-9-13-6-14(10-21)8-15(7-13)11-21/h2-5,12-15H,6-11H2,1H3,(H,23,26)/t12-,13?,14?,15?,21?/m1/s1. The number of nitrogens with one attached hydrogen (secondary N) is 1. The molecule has 0 radical (unpaired) electrons. The molecule has 4 aliphatic carbocycles. The number of benzene rings is 1. The minimum absolute atomic E-state index is 0.00870. The first kappa shape index (κ1) is 18.2. The summed E-state index contributed by atoms with van der Waals surface area (Å²) in [5, 5.41) is 11.5. The number of rotatable bonds is 5. The third-order valence-electron chi connectivity index (χ3n) is 6.57. The predicted octanol–water partition coefficient (Wildman–Crippen LogP) is 4.44. The Hall–Kier alpha value is -1.89. The minimum Gasteiger partial charge on any atom is -0.411 e. The lowest BCUT2D eigenvalue weighted by Crippen LogP contribution is -2.60. The van der Waals surface area contributed by atoms with Crippen LogP contribution in [0, 0.1) is 23.6 Å². The van der Waals surface area contributed by atoms with E-state index in [4.69, 9.17) is 4.42 Å². The second-order valence-corrected chi connectivity index (χ2v) is 10.1. The monoisotopic (exact) mass is 401 g/mol. The van der Waals surface area contributed by atoms with Crippen molar-refractivity contribution in [3.63, 3.8) is 0 Å². The summed E-state index contributed by atoms with van der Waals surface area (Å²) in [6.45, 7) is 1.88. The SMILES string of the molecule is C[C@@H](Sc1nnc(-c2ccc(F)cc2)o1)C(=O)NC12CC3CC(CC(C3)C1)C2. The van der Waals surface area contributed by atoms with Gasteiger partial charge in [0.25, 0.3) is 5.22 Å². The molecule has 4 fully saturated rings. The molecule has 148 valence electrons. The first-order chi connectivity index (χ1) is 13.5. The molecular formula is C21H24FN3O2S. The number of hydrogen-bond donors (Lipinski definition) is 1. The van der Waals surface area contributed by atoms with E-state index in [0.29, 0.717) is 16.7 Å². The number of amides is 1. The molecule has 2 aromatic rings. The molecule has 0 unspecified atom stereocenters. The zero-order valence-corrected chi connectivity index (χ0v) is 16.7. The van der Waals surface area contributed by atoms with Crippen LogP contribution in [-0.2, 0) is 4.79 Å². The van der Waals surface area contributed by atoms with Gasteiger partial charge < -0.3 is 9.73 Å². The van der Waals surface area contributed by atoms with Crippen molar-refractivity contribution >= 4 is 17.7 Å². The van der Waals surface area contributed by atoms with Gasteiger partial charge in [0.2, 0.25) is 11.8 Å². The molecule has 1 amide bonds. The Morgan fingerprint density at radius 2 is 1.75 bits per heavy atom. The van der Waals surface area contributed by atoms with Crippen LogP contribution in [0.25, 0.3) is 11.5 Å². The van der Waals surface area contributed by atoms with Crippen molar-refractivity contribution in [3.05, 3.63) is 30.1 Å². The number of halogens is 1. The van der Waals surface area contributed by atoms with Crippen LogP contribution in [0.3, 0.4) is 0 Å². The van der Waals surface area contributed by atoms with Crippen molar-refractivity contribution in [2.24, 2.45) is 17.8 Å². The largest absolute Gasteiger partial charge is 0.411 e. The molecular weight excluding hydrogens is 377 g/mol. The van der Waals surface area contributed by atoms with Gasteiger partial charge in [-0.05, 0) is 87.5 Å². The van der Waals surface area contributed by atoms with Crippen LogP contribution < -0.4 is 5.32 Å². The summed E-state index contributed by atoms with van der Waals surface area (Å²) in [5.74, 6) is 2.45. The van der Waals surface area contributed by atoms with E-state index < -0.39 is 0 Å². The van der Waals surface area contributed by atoms with Crippen LogP contribution in [0.15, 0.2) is 33.9 Å². The smallest absolute Gasteiger partial charge is 0.277 e. The van der Waals surface area contributed by atoms with Crippen LogP contribution in [0.2, 0.25) is 0 Å². The van der Waals surface area contributed by atoms with Crippen LogP contribution >= 0.6 is 11.8 Å². The fourth-order valence-corrected chi connectivity index (χ4v) is 6.48. The van der Waals surface area contributed by atoms with Gasteiger partial charge in [0.15, 0.2) is 0 Å². The quantitative estimate of drug-likeness (QED) is 0.750. The Labute approximate surface area is 167 Å². The fourth-order valence-electron chi connectivity index (χ4n) is 5.80. The Kier molecular flexibility index (Phi) is 4.45. The topological polar surface area (TPSA) is 68.0 Å². The Bertz CT molecular complexity index is 847. The van der Waals surface area contributed by atoms with Gasteiger partial charge in [0, 0.05) is 11.1 Å². The van der Waals surface area contributed by atoms with Crippen LogP contribution in [0.5, 0.6) is 0 Å². The first-order valence-corrected chi connectivity index (χ1v) is 10.9. The van der Waals surface area contributed by atoms with Crippen LogP contribution in [0.1, 0.15) is 45.4 Å². The summed E-state index contributed by atoms with van der Waals surface area (Å²) in [4.78, 5) is 12.9. The summed E-state index contributed by atoms with van der Waals surface area (Å²) < 4.78 is 18.7. The van der Waals surface area contributed by atoms with Gasteiger partial charge in [-0.1, -0.05) is 11.8 Å². The Morgan fingerprint density at radius 1 is 1.14 bits per heavy atom. The molecule has 1 atom stereocenters. The average Bonchev–Trinajstić information content (AvgIpc) is 3.09. The van der Waals surface area contributed by atoms with Crippen molar-refractivity contribution in [3.8, 4) is 11.5 Å². The molecule has 0 aliphatic heterocycles. The van der Waals surface area contributed by atoms with Gasteiger partial charge in [-0.15, -0.1) is 10.2 Å². The Balaban J connectivity index is 1.23. The predicted molar refractivity (Wildman–Crippen MR) is 104 cm³/mol. The van der Waals surface area contributed by atoms with Crippen molar-refractivity contribution in [2.45, 2.75) is 61.5 Å². The second-order valence-electron chi connectivity index (χ2n) is 8.83. The van der Waals surface area contributed by atoms with Crippen LogP contribution in [-0.4, -0.2) is 26.9 Å². The van der Waals surface area contributed by atoms with Crippen LogP contribution in [0.4, 0.5) is 4.39 Å². The summed E-state index contributed by atoms with van der Waals surface area (Å²) in [7, 11) is 0. The maximum atomic E-state index is 13.1. The molecule has 1 N–H and O–H groups in total. The molecule has 1 aromatic carbocycles. The van der Waals surface area contributed by atoms with Gasteiger partial charge in [-0.3, -0.25) is 4.79 Å². The molecule has 0 saturated heterocycles. The lowest BCUT2D eigenvalue weighted by atomic mass is 9.53. The highest BCUT2D eigenvalue weighted by Gasteiger charge is 2.51. The molecule has 6 rings (SSSR count). The number of aromatic nitrogens is 2. The van der Waals surface area contributed by atoms with E-state index in [-0.39, 0.29) is 22.5 Å².